The summed E-state index contributed by atoms with van der Waals surface area (Å²) in [6.45, 7) is -0.666. The van der Waals surface area contributed by atoms with Gasteiger partial charge in [-0.3, -0.25) is 14.2 Å². The molecule has 2 aromatic rings. The van der Waals surface area contributed by atoms with Gasteiger partial charge in [0, 0.05) is 7.05 Å². The number of aryl methyl sites for hydroxylation is 1. The van der Waals surface area contributed by atoms with E-state index < -0.39 is 23.8 Å². The Kier molecular flexibility index (Phi) is 2.11. The van der Waals surface area contributed by atoms with E-state index in [4.69, 9.17) is 5.11 Å². The third kappa shape index (κ3) is 1.31. The Bertz CT molecular complexity index is 677. The molecule has 8 nitrogen and oxygen atoms in total. The Hall–Kier alpha value is -2.38. The van der Waals surface area contributed by atoms with Crippen molar-refractivity contribution >= 4 is 17.1 Å². The summed E-state index contributed by atoms with van der Waals surface area (Å²) < 4.78 is 1.76. The van der Waals surface area contributed by atoms with E-state index in [1.165, 1.54) is 13.4 Å². The summed E-state index contributed by atoms with van der Waals surface area (Å²) in [5.41, 5.74) is -1.06. The Morgan fingerprint density at radius 2 is 2.25 bits per heavy atom. The third-order valence-electron chi connectivity index (χ3n) is 2.21. The van der Waals surface area contributed by atoms with E-state index in [-0.39, 0.29) is 11.2 Å². The Labute approximate surface area is 87.8 Å². The van der Waals surface area contributed by atoms with E-state index in [2.05, 4.69) is 9.97 Å². The summed E-state index contributed by atoms with van der Waals surface area (Å²) in [5.74, 6) is -1.25. The minimum atomic E-state index is -1.25. The molecule has 0 saturated carbocycles. The zero-order valence-corrected chi connectivity index (χ0v) is 8.30. The molecule has 0 amide bonds. The number of aromatic amines is 1. The van der Waals surface area contributed by atoms with Crippen molar-refractivity contribution in [3.63, 3.8) is 0 Å². The lowest BCUT2D eigenvalue weighted by Gasteiger charge is -2.04. The number of fused-ring (bicyclic) bond motifs is 1. The lowest BCUT2D eigenvalue weighted by Crippen LogP contribution is -2.40. The number of H-pyrrole nitrogens is 1. The van der Waals surface area contributed by atoms with Crippen LogP contribution >= 0.6 is 0 Å². The van der Waals surface area contributed by atoms with Crippen LogP contribution in [0.3, 0.4) is 0 Å². The maximum Gasteiger partial charge on any atom is 0.333 e. The van der Waals surface area contributed by atoms with Gasteiger partial charge in [-0.25, -0.2) is 14.3 Å². The zero-order chi connectivity index (χ0) is 11.9. The minimum absolute atomic E-state index is 0.114. The fourth-order valence-electron chi connectivity index (χ4n) is 1.47. The van der Waals surface area contributed by atoms with Gasteiger partial charge in [-0.15, -0.1) is 0 Å². The van der Waals surface area contributed by atoms with Crippen molar-refractivity contribution in [2.45, 2.75) is 6.54 Å². The van der Waals surface area contributed by atoms with Crippen LogP contribution in [0.25, 0.3) is 11.2 Å². The Balaban J connectivity index is 2.89. The summed E-state index contributed by atoms with van der Waals surface area (Å²) in [6.07, 6.45) is 1.27. The predicted molar refractivity (Wildman–Crippen MR) is 53.2 cm³/mol. The van der Waals surface area contributed by atoms with Crippen LogP contribution in [-0.4, -0.2) is 30.2 Å². The number of aromatic nitrogens is 4. The largest absolute Gasteiger partial charge is 0.480 e. The van der Waals surface area contributed by atoms with Crippen molar-refractivity contribution in [1.82, 2.24) is 19.1 Å². The first-order valence-corrected chi connectivity index (χ1v) is 4.37. The molecule has 0 atom stereocenters. The molecule has 0 fully saturated rings. The molecule has 84 valence electrons. The van der Waals surface area contributed by atoms with Crippen LogP contribution in [0.4, 0.5) is 0 Å². The average Bonchev–Trinajstić information content (AvgIpc) is 2.70. The van der Waals surface area contributed by atoms with Crippen molar-refractivity contribution in [3.05, 3.63) is 27.2 Å². The fourth-order valence-corrected chi connectivity index (χ4v) is 1.47. The molecule has 8 heteroatoms. The van der Waals surface area contributed by atoms with E-state index in [0.29, 0.717) is 4.57 Å². The van der Waals surface area contributed by atoms with Crippen LogP contribution in [0, 0.1) is 0 Å². The maximum absolute atomic E-state index is 11.7. The molecule has 0 aliphatic rings. The van der Waals surface area contributed by atoms with Crippen molar-refractivity contribution < 1.29 is 9.90 Å². The standard InChI is InChI=1S/C8H8N4O4/c1-11-6-5(9-3-10-6)7(15)12(8(11)16)2-4(13)14/h3H,2H2,1H3,(H,9,10)(H,13,14). The summed E-state index contributed by atoms with van der Waals surface area (Å²) in [4.78, 5) is 40.3. The third-order valence-corrected chi connectivity index (χ3v) is 2.21. The first-order chi connectivity index (χ1) is 7.52. The number of carbonyl (C=O) groups is 1. The van der Waals surface area contributed by atoms with Gasteiger partial charge in [0.2, 0.25) is 0 Å². The van der Waals surface area contributed by atoms with Crippen molar-refractivity contribution in [2.24, 2.45) is 7.05 Å². The molecule has 0 aliphatic heterocycles. The Morgan fingerprint density at radius 3 is 2.88 bits per heavy atom. The second-order valence-electron chi connectivity index (χ2n) is 3.23. The lowest BCUT2D eigenvalue weighted by molar-refractivity contribution is -0.137. The molecule has 0 saturated heterocycles. The van der Waals surface area contributed by atoms with Crippen molar-refractivity contribution in [1.29, 1.82) is 0 Å². The van der Waals surface area contributed by atoms with Gasteiger partial charge in [-0.2, -0.15) is 0 Å². The second-order valence-corrected chi connectivity index (χ2v) is 3.23. The van der Waals surface area contributed by atoms with Gasteiger partial charge in [0.05, 0.1) is 6.33 Å². The quantitative estimate of drug-likeness (QED) is 0.645. The van der Waals surface area contributed by atoms with Crippen LogP contribution < -0.4 is 11.2 Å². The molecule has 2 rings (SSSR count). The summed E-state index contributed by atoms with van der Waals surface area (Å²) in [5, 5.41) is 8.60. The monoisotopic (exact) mass is 224 g/mol. The highest BCUT2D eigenvalue weighted by atomic mass is 16.4. The van der Waals surface area contributed by atoms with E-state index in [0.717, 1.165) is 4.57 Å². The molecular formula is C8H8N4O4. The number of carboxylic acids is 1. The molecule has 0 bridgehead atoms. The van der Waals surface area contributed by atoms with E-state index in [9.17, 15) is 14.4 Å². The first-order valence-electron chi connectivity index (χ1n) is 4.37. The van der Waals surface area contributed by atoms with E-state index >= 15 is 0 Å². The highest BCUT2D eigenvalue weighted by Gasteiger charge is 2.14. The summed E-state index contributed by atoms with van der Waals surface area (Å²) in [7, 11) is 1.42. The van der Waals surface area contributed by atoms with Gasteiger partial charge in [0.25, 0.3) is 5.56 Å². The first kappa shape index (κ1) is 10.1. The number of aliphatic carboxylic acids is 1. The Morgan fingerprint density at radius 1 is 1.56 bits per heavy atom. The molecule has 2 heterocycles. The molecule has 0 radical (unpaired) electrons. The number of hydrogen-bond donors (Lipinski definition) is 2. The summed E-state index contributed by atoms with van der Waals surface area (Å²) in [6, 6.07) is 0. The normalized spacial score (nSPS) is 10.8. The predicted octanol–water partition coefficient (Wildman–Crippen LogP) is -1.49. The van der Waals surface area contributed by atoms with E-state index in [1.54, 1.807) is 0 Å². The SMILES string of the molecule is Cn1c(=O)n(CC(=O)O)c(=O)c2[nH]cnc21. The topological polar surface area (TPSA) is 110 Å². The molecule has 2 N–H and O–H groups in total. The minimum Gasteiger partial charge on any atom is -0.480 e. The fraction of sp³-hybridized carbons (Fsp3) is 0.250. The molecule has 0 spiro atoms. The molecule has 2 aromatic heterocycles. The zero-order valence-electron chi connectivity index (χ0n) is 8.30. The van der Waals surface area contributed by atoms with Crippen LogP contribution in [0.1, 0.15) is 0 Å². The van der Waals surface area contributed by atoms with Gasteiger partial charge >= 0.3 is 11.7 Å². The number of carboxylic acid groups (broad SMARTS) is 1. The van der Waals surface area contributed by atoms with Crippen LogP contribution in [0.15, 0.2) is 15.9 Å². The summed E-state index contributed by atoms with van der Waals surface area (Å²) >= 11 is 0. The van der Waals surface area contributed by atoms with Crippen LogP contribution in [0.2, 0.25) is 0 Å². The molecule has 0 unspecified atom stereocenters. The van der Waals surface area contributed by atoms with Gasteiger partial charge < -0.3 is 10.1 Å². The van der Waals surface area contributed by atoms with Gasteiger partial charge in [0.1, 0.15) is 12.1 Å². The second kappa shape index (κ2) is 3.33. The molecule has 0 aromatic carbocycles. The van der Waals surface area contributed by atoms with Crippen LogP contribution in [-0.2, 0) is 18.4 Å². The number of hydrogen-bond acceptors (Lipinski definition) is 4. The maximum atomic E-state index is 11.7. The highest BCUT2D eigenvalue weighted by molar-refractivity contribution is 5.70. The van der Waals surface area contributed by atoms with Gasteiger partial charge in [-0.05, 0) is 0 Å². The smallest absolute Gasteiger partial charge is 0.333 e. The number of rotatable bonds is 2. The van der Waals surface area contributed by atoms with Crippen molar-refractivity contribution in [3.8, 4) is 0 Å². The molecule has 16 heavy (non-hydrogen) atoms. The molecular weight excluding hydrogens is 216 g/mol. The highest BCUT2D eigenvalue weighted by Crippen LogP contribution is 1.98. The molecule has 0 aliphatic carbocycles. The number of nitrogens with zero attached hydrogens (tertiary/aromatic N) is 3. The van der Waals surface area contributed by atoms with Crippen molar-refractivity contribution in [2.75, 3.05) is 0 Å². The van der Waals surface area contributed by atoms with E-state index in [1.807, 2.05) is 0 Å². The van der Waals surface area contributed by atoms with Gasteiger partial charge in [0.15, 0.2) is 5.65 Å². The lowest BCUT2D eigenvalue weighted by atomic mass is 10.5. The van der Waals surface area contributed by atoms with Gasteiger partial charge in [-0.1, -0.05) is 0 Å². The number of nitrogens with one attached hydrogen (secondary N) is 1. The van der Waals surface area contributed by atoms with Crippen LogP contribution in [0.5, 0.6) is 0 Å². The average molecular weight is 224 g/mol. The number of imidazole rings is 1.